The minimum Gasteiger partial charge on any atom is -0.369 e. The number of hydrogen-bond donors (Lipinski definition) is 1. The molecule has 2 aromatic rings. The molecule has 0 heterocycles. The topological polar surface area (TPSA) is 29.3 Å². The van der Waals surface area contributed by atoms with Gasteiger partial charge in [-0.2, -0.15) is 0 Å². The van der Waals surface area contributed by atoms with Crippen LogP contribution in [-0.4, -0.2) is 19.6 Å². The molecule has 0 fully saturated rings. The first kappa shape index (κ1) is 16.1. The van der Waals surface area contributed by atoms with Crippen LogP contribution in [0.5, 0.6) is 0 Å². The molecule has 0 bridgehead atoms. The Labute approximate surface area is 133 Å². The quantitative estimate of drug-likeness (QED) is 0.797. The summed E-state index contributed by atoms with van der Waals surface area (Å²) >= 11 is 0. The van der Waals surface area contributed by atoms with E-state index in [0.717, 1.165) is 30.6 Å². The molecule has 2 aromatic carbocycles. The van der Waals surface area contributed by atoms with Gasteiger partial charge in [-0.25, -0.2) is 0 Å². The summed E-state index contributed by atoms with van der Waals surface area (Å²) in [7, 11) is 0. The van der Waals surface area contributed by atoms with Gasteiger partial charge >= 0.3 is 0 Å². The normalized spacial score (nSPS) is 10.2. The van der Waals surface area contributed by atoms with E-state index in [2.05, 4.69) is 60.5 Å². The molecular weight excluding hydrogens is 268 g/mol. The van der Waals surface area contributed by atoms with Crippen LogP contribution in [0.4, 0.5) is 5.69 Å². The van der Waals surface area contributed by atoms with Crippen LogP contribution in [0.1, 0.15) is 16.7 Å². The first-order valence-corrected chi connectivity index (χ1v) is 7.66. The molecular formula is C20H24N2. The Morgan fingerprint density at radius 3 is 2.27 bits per heavy atom. The summed E-state index contributed by atoms with van der Waals surface area (Å²) in [5, 5.41) is 0. The number of rotatable bonds is 8. The van der Waals surface area contributed by atoms with Gasteiger partial charge in [-0.05, 0) is 29.2 Å². The van der Waals surface area contributed by atoms with E-state index < -0.39 is 0 Å². The van der Waals surface area contributed by atoms with Crippen molar-refractivity contribution in [3.05, 3.63) is 78.4 Å². The van der Waals surface area contributed by atoms with E-state index in [4.69, 9.17) is 5.73 Å². The molecule has 0 aliphatic carbocycles. The van der Waals surface area contributed by atoms with Crippen LogP contribution in [0, 0.1) is 0 Å². The third-order valence-electron chi connectivity index (χ3n) is 3.78. The predicted molar refractivity (Wildman–Crippen MR) is 98.0 cm³/mol. The maximum Gasteiger partial charge on any atom is 0.0440 e. The SMILES string of the molecule is C=Cc1ccc(CCN(CCN)c2ccccc2C=C)cc1. The molecule has 0 saturated heterocycles. The Hall–Kier alpha value is -2.32. The molecule has 22 heavy (non-hydrogen) atoms. The Kier molecular flexibility index (Phi) is 5.99. The molecule has 0 atom stereocenters. The van der Waals surface area contributed by atoms with Crippen molar-refractivity contribution in [2.24, 2.45) is 5.73 Å². The van der Waals surface area contributed by atoms with Gasteiger partial charge in [-0.1, -0.05) is 67.8 Å². The average Bonchev–Trinajstić information content (AvgIpc) is 2.59. The van der Waals surface area contributed by atoms with Crippen molar-refractivity contribution in [3.63, 3.8) is 0 Å². The lowest BCUT2D eigenvalue weighted by Gasteiger charge is -2.26. The Morgan fingerprint density at radius 2 is 1.64 bits per heavy atom. The van der Waals surface area contributed by atoms with Crippen LogP contribution in [-0.2, 0) is 6.42 Å². The van der Waals surface area contributed by atoms with Gasteiger partial charge in [0.1, 0.15) is 0 Å². The van der Waals surface area contributed by atoms with Crippen molar-refractivity contribution in [1.82, 2.24) is 0 Å². The van der Waals surface area contributed by atoms with Crippen molar-refractivity contribution in [1.29, 1.82) is 0 Å². The Balaban J connectivity index is 2.11. The number of nitrogens with zero attached hydrogens (tertiary/aromatic N) is 1. The van der Waals surface area contributed by atoms with Gasteiger partial charge in [0, 0.05) is 25.3 Å². The monoisotopic (exact) mass is 292 g/mol. The van der Waals surface area contributed by atoms with Gasteiger partial charge in [-0.15, -0.1) is 0 Å². The first-order chi connectivity index (χ1) is 10.8. The highest BCUT2D eigenvalue weighted by Crippen LogP contribution is 2.21. The average molecular weight is 292 g/mol. The fraction of sp³-hybridized carbons (Fsp3) is 0.200. The lowest BCUT2D eigenvalue weighted by molar-refractivity contribution is 0.775. The zero-order valence-corrected chi connectivity index (χ0v) is 13.0. The molecule has 0 radical (unpaired) electrons. The summed E-state index contributed by atoms with van der Waals surface area (Å²) in [6.07, 6.45) is 4.76. The van der Waals surface area contributed by atoms with E-state index in [-0.39, 0.29) is 0 Å². The third kappa shape index (κ3) is 4.09. The summed E-state index contributed by atoms with van der Waals surface area (Å²) in [4.78, 5) is 2.33. The summed E-state index contributed by atoms with van der Waals surface area (Å²) < 4.78 is 0. The highest BCUT2D eigenvalue weighted by Gasteiger charge is 2.08. The van der Waals surface area contributed by atoms with Gasteiger partial charge in [0.2, 0.25) is 0 Å². The number of anilines is 1. The van der Waals surface area contributed by atoms with Gasteiger partial charge in [0.15, 0.2) is 0 Å². The fourth-order valence-electron chi connectivity index (χ4n) is 2.54. The largest absolute Gasteiger partial charge is 0.369 e. The van der Waals surface area contributed by atoms with Gasteiger partial charge < -0.3 is 10.6 Å². The van der Waals surface area contributed by atoms with Crippen LogP contribution in [0.2, 0.25) is 0 Å². The van der Waals surface area contributed by atoms with Crippen LogP contribution in [0.25, 0.3) is 12.2 Å². The third-order valence-corrected chi connectivity index (χ3v) is 3.78. The molecule has 2 N–H and O–H groups in total. The molecule has 2 nitrogen and oxygen atoms in total. The molecule has 0 amide bonds. The first-order valence-electron chi connectivity index (χ1n) is 7.66. The van der Waals surface area contributed by atoms with Gasteiger partial charge in [0.25, 0.3) is 0 Å². The van der Waals surface area contributed by atoms with E-state index >= 15 is 0 Å². The highest BCUT2D eigenvalue weighted by molar-refractivity contribution is 5.66. The van der Waals surface area contributed by atoms with E-state index in [1.807, 2.05) is 18.2 Å². The highest BCUT2D eigenvalue weighted by atomic mass is 15.1. The van der Waals surface area contributed by atoms with Crippen LogP contribution in [0.15, 0.2) is 61.7 Å². The lowest BCUT2D eigenvalue weighted by atomic mass is 10.1. The summed E-state index contributed by atoms with van der Waals surface area (Å²) in [5.74, 6) is 0. The zero-order valence-electron chi connectivity index (χ0n) is 13.0. The van der Waals surface area contributed by atoms with Crippen LogP contribution >= 0.6 is 0 Å². The smallest absolute Gasteiger partial charge is 0.0440 e. The second-order valence-corrected chi connectivity index (χ2v) is 5.23. The molecule has 0 saturated carbocycles. The predicted octanol–water partition coefficient (Wildman–Crippen LogP) is 3.98. The molecule has 2 rings (SSSR count). The number of hydrogen-bond acceptors (Lipinski definition) is 2. The van der Waals surface area contributed by atoms with Crippen molar-refractivity contribution in [3.8, 4) is 0 Å². The van der Waals surface area contributed by atoms with Crippen LogP contribution in [0.3, 0.4) is 0 Å². The maximum absolute atomic E-state index is 5.79. The second kappa shape index (κ2) is 8.20. The van der Waals surface area contributed by atoms with Gasteiger partial charge in [-0.3, -0.25) is 0 Å². The van der Waals surface area contributed by atoms with Crippen LogP contribution < -0.4 is 10.6 Å². The van der Waals surface area contributed by atoms with Crippen molar-refractivity contribution in [2.45, 2.75) is 6.42 Å². The van der Waals surface area contributed by atoms with E-state index in [0.29, 0.717) is 6.54 Å². The second-order valence-electron chi connectivity index (χ2n) is 5.23. The summed E-state index contributed by atoms with van der Waals surface area (Å²) in [6.45, 7) is 10.1. The number of benzene rings is 2. The van der Waals surface area contributed by atoms with Crippen molar-refractivity contribution in [2.75, 3.05) is 24.5 Å². The minimum absolute atomic E-state index is 0.640. The number of para-hydroxylation sites is 1. The molecule has 0 unspecified atom stereocenters. The van der Waals surface area contributed by atoms with E-state index in [1.165, 1.54) is 11.3 Å². The molecule has 0 aliphatic rings. The fourth-order valence-corrected chi connectivity index (χ4v) is 2.54. The molecule has 2 heteroatoms. The number of nitrogens with two attached hydrogens (primary N) is 1. The van der Waals surface area contributed by atoms with Gasteiger partial charge in [0.05, 0.1) is 0 Å². The maximum atomic E-state index is 5.79. The summed E-state index contributed by atoms with van der Waals surface area (Å²) in [5.41, 5.74) is 10.6. The van der Waals surface area contributed by atoms with E-state index in [1.54, 1.807) is 0 Å². The van der Waals surface area contributed by atoms with E-state index in [9.17, 15) is 0 Å². The Morgan fingerprint density at radius 1 is 0.909 bits per heavy atom. The molecule has 114 valence electrons. The molecule has 0 aromatic heterocycles. The Bertz CT molecular complexity index is 614. The molecule has 0 spiro atoms. The minimum atomic E-state index is 0.640. The van der Waals surface area contributed by atoms with Crippen molar-refractivity contribution < 1.29 is 0 Å². The zero-order chi connectivity index (χ0) is 15.8. The van der Waals surface area contributed by atoms with Crippen molar-refractivity contribution >= 4 is 17.8 Å². The lowest BCUT2D eigenvalue weighted by Crippen LogP contribution is -2.31. The standard InChI is InChI=1S/C20H24N2/c1-3-17-9-11-18(12-10-17)13-15-22(16-14-21)20-8-6-5-7-19(20)4-2/h3-12H,1-2,13-16,21H2. The molecule has 0 aliphatic heterocycles. The summed E-state index contributed by atoms with van der Waals surface area (Å²) in [6, 6.07) is 16.9.